The number of Topliss-reactive ketones (excluding diaryl/α,β-unsaturated/α-hetero) is 1. The molecular formula is C19H13ClN2O4. The fourth-order valence-corrected chi connectivity index (χ4v) is 3.04. The Kier molecular flexibility index (Phi) is 4.23. The third-order valence-corrected chi connectivity index (χ3v) is 4.32. The maximum atomic E-state index is 12.9. The van der Waals surface area contributed by atoms with Crippen LogP contribution < -0.4 is 9.47 Å². The van der Waals surface area contributed by atoms with Gasteiger partial charge in [-0.1, -0.05) is 23.7 Å². The van der Waals surface area contributed by atoms with E-state index in [1.54, 1.807) is 30.3 Å². The van der Waals surface area contributed by atoms with Gasteiger partial charge in [0.2, 0.25) is 5.89 Å². The number of aromatic nitrogens is 1. The van der Waals surface area contributed by atoms with Gasteiger partial charge < -0.3 is 13.9 Å². The van der Waals surface area contributed by atoms with E-state index in [0.29, 0.717) is 35.8 Å². The topological polar surface area (TPSA) is 85.4 Å². The lowest BCUT2D eigenvalue weighted by Crippen LogP contribution is -2.12. The summed E-state index contributed by atoms with van der Waals surface area (Å²) in [7, 11) is 0. The van der Waals surface area contributed by atoms with Gasteiger partial charge in [-0.2, -0.15) is 5.26 Å². The third-order valence-electron chi connectivity index (χ3n) is 4.04. The van der Waals surface area contributed by atoms with Gasteiger partial charge in [0, 0.05) is 12.0 Å². The number of para-hydroxylation sites is 2. The van der Waals surface area contributed by atoms with Crippen LogP contribution in [0.25, 0.3) is 11.1 Å². The summed E-state index contributed by atoms with van der Waals surface area (Å²) in [5.41, 5.74) is 1.35. The predicted octanol–water partition coefficient (Wildman–Crippen LogP) is 4.13. The van der Waals surface area contributed by atoms with Crippen molar-refractivity contribution in [3.8, 4) is 17.6 Å². The second-order valence-electron chi connectivity index (χ2n) is 5.78. The first kappa shape index (κ1) is 16.4. The molecule has 7 heteroatoms. The van der Waals surface area contributed by atoms with E-state index >= 15 is 0 Å². The van der Waals surface area contributed by atoms with Crippen LogP contribution in [0, 0.1) is 11.3 Å². The zero-order chi connectivity index (χ0) is 18.1. The molecule has 1 aliphatic rings. The molecule has 0 N–H and O–H groups in total. The molecule has 0 unspecified atom stereocenters. The standard InChI is InChI=1S/C19H13ClN2O4/c20-13-8-11(9-16-18(13)25-7-3-6-24-16)17(23)12(10-21)19-22-14-4-1-2-5-15(14)26-19/h1-2,4-5,8-9,12H,3,6-7H2/t12-/m0/s1. The first-order chi connectivity index (χ1) is 12.7. The second-order valence-corrected chi connectivity index (χ2v) is 6.19. The normalized spacial score (nSPS) is 14.5. The molecule has 3 aromatic rings. The van der Waals surface area contributed by atoms with E-state index in [9.17, 15) is 10.1 Å². The highest BCUT2D eigenvalue weighted by Gasteiger charge is 2.29. The molecule has 4 rings (SSSR count). The summed E-state index contributed by atoms with van der Waals surface area (Å²) < 4.78 is 16.7. The largest absolute Gasteiger partial charge is 0.489 e. The van der Waals surface area contributed by atoms with E-state index in [0.717, 1.165) is 6.42 Å². The van der Waals surface area contributed by atoms with Crippen LogP contribution in [-0.2, 0) is 0 Å². The lowest BCUT2D eigenvalue weighted by molar-refractivity contribution is 0.0970. The van der Waals surface area contributed by atoms with E-state index in [1.807, 2.05) is 6.07 Å². The lowest BCUT2D eigenvalue weighted by atomic mass is 9.98. The van der Waals surface area contributed by atoms with Crippen LogP contribution in [0.1, 0.15) is 28.6 Å². The number of nitriles is 1. The number of hydrogen-bond donors (Lipinski definition) is 0. The molecule has 0 bridgehead atoms. The number of nitrogens with zero attached hydrogens (tertiary/aromatic N) is 2. The Hall–Kier alpha value is -3.04. The first-order valence-electron chi connectivity index (χ1n) is 8.06. The zero-order valence-electron chi connectivity index (χ0n) is 13.6. The van der Waals surface area contributed by atoms with Crippen LogP contribution in [0.4, 0.5) is 0 Å². The third kappa shape index (κ3) is 2.87. The van der Waals surface area contributed by atoms with E-state index in [1.165, 1.54) is 6.07 Å². The van der Waals surface area contributed by atoms with Crippen molar-refractivity contribution < 1.29 is 18.7 Å². The highest BCUT2D eigenvalue weighted by molar-refractivity contribution is 6.32. The number of hydrogen-bond acceptors (Lipinski definition) is 6. The molecule has 6 nitrogen and oxygen atoms in total. The Morgan fingerprint density at radius 1 is 1.23 bits per heavy atom. The summed E-state index contributed by atoms with van der Waals surface area (Å²) in [5.74, 6) is -0.773. The number of carbonyl (C=O) groups is 1. The predicted molar refractivity (Wildman–Crippen MR) is 93.8 cm³/mol. The minimum atomic E-state index is -1.18. The van der Waals surface area contributed by atoms with Crippen molar-refractivity contribution in [3.05, 3.63) is 52.9 Å². The Bertz CT molecular complexity index is 1000. The molecule has 1 aliphatic heterocycles. The van der Waals surface area contributed by atoms with E-state index in [-0.39, 0.29) is 16.5 Å². The van der Waals surface area contributed by atoms with Crippen molar-refractivity contribution in [1.82, 2.24) is 4.98 Å². The van der Waals surface area contributed by atoms with Crippen molar-refractivity contribution in [1.29, 1.82) is 5.26 Å². The van der Waals surface area contributed by atoms with Crippen molar-refractivity contribution in [3.63, 3.8) is 0 Å². The summed E-state index contributed by atoms with van der Waals surface area (Å²) >= 11 is 6.24. The van der Waals surface area contributed by atoms with E-state index in [2.05, 4.69) is 4.98 Å². The summed E-state index contributed by atoms with van der Waals surface area (Å²) in [6.45, 7) is 0.956. The van der Waals surface area contributed by atoms with Gasteiger partial charge in [-0.3, -0.25) is 4.79 Å². The van der Waals surface area contributed by atoms with Gasteiger partial charge in [-0.05, 0) is 24.3 Å². The van der Waals surface area contributed by atoms with Crippen molar-refractivity contribution in [2.75, 3.05) is 13.2 Å². The van der Waals surface area contributed by atoms with Crippen molar-refractivity contribution in [2.45, 2.75) is 12.3 Å². The van der Waals surface area contributed by atoms with Crippen LogP contribution in [0.5, 0.6) is 11.5 Å². The number of halogens is 1. The molecule has 0 amide bonds. The SMILES string of the molecule is N#C[C@@H](C(=O)c1cc(Cl)c2c(c1)OCCCO2)c1nc2ccccc2o1. The Balaban J connectivity index is 1.72. The minimum absolute atomic E-state index is 0.0573. The zero-order valence-corrected chi connectivity index (χ0v) is 14.3. The van der Waals surface area contributed by atoms with E-state index < -0.39 is 11.7 Å². The van der Waals surface area contributed by atoms with Gasteiger partial charge in [0.1, 0.15) is 5.52 Å². The van der Waals surface area contributed by atoms with Gasteiger partial charge in [0.05, 0.1) is 24.3 Å². The number of oxazole rings is 1. The number of fused-ring (bicyclic) bond motifs is 2. The molecule has 0 spiro atoms. The average Bonchev–Trinajstić information content (AvgIpc) is 2.91. The molecular weight excluding hydrogens is 356 g/mol. The Morgan fingerprint density at radius 2 is 2.04 bits per heavy atom. The molecule has 0 fully saturated rings. The maximum absolute atomic E-state index is 12.9. The number of ether oxygens (including phenoxy) is 2. The molecule has 0 aliphatic carbocycles. The quantitative estimate of drug-likeness (QED) is 0.646. The van der Waals surface area contributed by atoms with Gasteiger partial charge in [0.25, 0.3) is 0 Å². The summed E-state index contributed by atoms with van der Waals surface area (Å²) in [6, 6.07) is 12.1. The van der Waals surface area contributed by atoms with Gasteiger partial charge in [-0.25, -0.2) is 4.98 Å². The van der Waals surface area contributed by atoms with Crippen LogP contribution in [0.15, 0.2) is 40.8 Å². The van der Waals surface area contributed by atoms with E-state index in [4.69, 9.17) is 25.5 Å². The average molecular weight is 369 g/mol. The smallest absolute Gasteiger partial charge is 0.220 e. The van der Waals surface area contributed by atoms with Crippen LogP contribution in [-0.4, -0.2) is 24.0 Å². The molecule has 1 atom stereocenters. The molecule has 0 saturated carbocycles. The number of rotatable bonds is 3. The summed E-state index contributed by atoms with van der Waals surface area (Å²) in [5, 5.41) is 9.80. The van der Waals surface area contributed by atoms with Crippen molar-refractivity contribution in [2.24, 2.45) is 0 Å². The summed E-state index contributed by atoms with van der Waals surface area (Å²) in [6.07, 6.45) is 0.720. The van der Waals surface area contributed by atoms with Crippen LogP contribution in [0.2, 0.25) is 5.02 Å². The Labute approximate surface area is 153 Å². The first-order valence-corrected chi connectivity index (χ1v) is 8.43. The summed E-state index contributed by atoms with van der Waals surface area (Å²) in [4.78, 5) is 17.2. The molecule has 0 saturated heterocycles. The minimum Gasteiger partial charge on any atom is -0.489 e. The highest BCUT2D eigenvalue weighted by Crippen LogP contribution is 2.39. The molecule has 130 valence electrons. The van der Waals surface area contributed by atoms with Crippen LogP contribution in [0.3, 0.4) is 0 Å². The molecule has 2 aromatic carbocycles. The number of benzene rings is 2. The molecule has 1 aromatic heterocycles. The monoisotopic (exact) mass is 368 g/mol. The van der Waals surface area contributed by atoms with Crippen LogP contribution >= 0.6 is 11.6 Å². The highest BCUT2D eigenvalue weighted by atomic mass is 35.5. The fourth-order valence-electron chi connectivity index (χ4n) is 2.78. The Morgan fingerprint density at radius 3 is 2.85 bits per heavy atom. The molecule has 0 radical (unpaired) electrons. The number of ketones is 1. The van der Waals surface area contributed by atoms with Crippen molar-refractivity contribution >= 4 is 28.5 Å². The molecule has 26 heavy (non-hydrogen) atoms. The van der Waals surface area contributed by atoms with Gasteiger partial charge in [-0.15, -0.1) is 0 Å². The lowest BCUT2D eigenvalue weighted by Gasteiger charge is -2.12. The fraction of sp³-hybridized carbons (Fsp3) is 0.211. The molecule has 2 heterocycles. The maximum Gasteiger partial charge on any atom is 0.220 e. The van der Waals surface area contributed by atoms with Gasteiger partial charge in [0.15, 0.2) is 28.8 Å². The number of carbonyl (C=O) groups excluding carboxylic acids is 1. The van der Waals surface area contributed by atoms with Gasteiger partial charge >= 0.3 is 0 Å². The second kappa shape index (κ2) is 6.70.